The van der Waals surface area contributed by atoms with Crippen LogP contribution in [0.2, 0.25) is 10.0 Å². The fourth-order valence-electron chi connectivity index (χ4n) is 3.95. The quantitative estimate of drug-likeness (QED) is 0.524. The summed E-state index contributed by atoms with van der Waals surface area (Å²) in [4.78, 5) is 13.0. The van der Waals surface area contributed by atoms with Crippen molar-refractivity contribution in [3.63, 3.8) is 0 Å². The largest absolute Gasteiger partial charge is 0.493 e. The van der Waals surface area contributed by atoms with E-state index in [9.17, 15) is 0 Å². The van der Waals surface area contributed by atoms with E-state index in [4.69, 9.17) is 32.9 Å². The molecule has 30 heavy (non-hydrogen) atoms. The lowest BCUT2D eigenvalue weighted by Gasteiger charge is -2.20. The fraction of sp³-hybridized carbons (Fsp3) is 0.435. The Morgan fingerprint density at radius 3 is 2.80 bits per heavy atom. The molecule has 160 valence electrons. The van der Waals surface area contributed by atoms with Gasteiger partial charge < -0.3 is 19.5 Å². The van der Waals surface area contributed by atoms with Gasteiger partial charge in [-0.25, -0.2) is 4.98 Å². The Kier molecular flexibility index (Phi) is 6.84. The summed E-state index contributed by atoms with van der Waals surface area (Å²) >= 11 is 12.7. The lowest BCUT2D eigenvalue weighted by atomic mass is 10.2. The van der Waals surface area contributed by atoms with Gasteiger partial charge >= 0.3 is 0 Å². The lowest BCUT2D eigenvalue weighted by molar-refractivity contribution is 0.237. The minimum Gasteiger partial charge on any atom is -0.493 e. The number of hydrogen-bond acceptors (Lipinski definition) is 4. The third-order valence-corrected chi connectivity index (χ3v) is 6.17. The van der Waals surface area contributed by atoms with Gasteiger partial charge in [0.2, 0.25) is 0 Å². The number of aryl methyl sites for hydroxylation is 1. The van der Waals surface area contributed by atoms with Crippen molar-refractivity contribution >= 4 is 34.2 Å². The second-order valence-electron chi connectivity index (χ2n) is 8.05. The molecule has 0 unspecified atom stereocenters. The first kappa shape index (κ1) is 21.4. The SMILES string of the molecule is Cc1cc(Cl)cc2[nH]c(-c3ccc(OCCCN4CCCN(C)CC4)cc3Cl)nc12. The molecule has 0 amide bonds. The van der Waals surface area contributed by atoms with Gasteiger partial charge in [-0.3, -0.25) is 0 Å². The van der Waals surface area contributed by atoms with Gasteiger partial charge in [-0.05, 0) is 75.8 Å². The highest BCUT2D eigenvalue weighted by Gasteiger charge is 2.13. The molecule has 0 saturated carbocycles. The molecule has 1 aromatic heterocycles. The van der Waals surface area contributed by atoms with Crippen molar-refractivity contribution in [1.82, 2.24) is 19.8 Å². The standard InChI is InChI=1S/C23H28Cl2N4O/c1-16-13-17(24)14-21-22(16)27-23(26-21)19-6-5-18(15-20(19)25)30-12-4-9-29-8-3-7-28(2)10-11-29/h5-6,13-15H,3-4,7-12H2,1-2H3,(H,26,27). The van der Waals surface area contributed by atoms with Crippen LogP contribution in [0.4, 0.5) is 0 Å². The predicted octanol–water partition coefficient (Wildman–Crippen LogP) is 5.25. The van der Waals surface area contributed by atoms with Crippen LogP contribution in [0.3, 0.4) is 0 Å². The predicted molar refractivity (Wildman–Crippen MR) is 125 cm³/mol. The maximum Gasteiger partial charge on any atom is 0.140 e. The second kappa shape index (κ2) is 9.56. The molecule has 0 spiro atoms. The molecular weight excluding hydrogens is 419 g/mol. The van der Waals surface area contributed by atoms with Crippen LogP contribution in [-0.2, 0) is 0 Å². The van der Waals surface area contributed by atoms with E-state index in [1.165, 1.54) is 19.5 Å². The summed E-state index contributed by atoms with van der Waals surface area (Å²) in [6, 6.07) is 9.57. The Morgan fingerprint density at radius 1 is 1.10 bits per heavy atom. The Balaban J connectivity index is 1.36. The van der Waals surface area contributed by atoms with E-state index in [2.05, 4.69) is 21.8 Å². The van der Waals surface area contributed by atoms with Crippen molar-refractivity contribution in [1.29, 1.82) is 0 Å². The maximum atomic E-state index is 6.55. The highest BCUT2D eigenvalue weighted by molar-refractivity contribution is 6.33. The van der Waals surface area contributed by atoms with Crippen LogP contribution in [0.25, 0.3) is 22.4 Å². The van der Waals surface area contributed by atoms with E-state index < -0.39 is 0 Å². The highest BCUT2D eigenvalue weighted by Crippen LogP contribution is 2.32. The Bertz CT molecular complexity index is 1020. The first-order valence-electron chi connectivity index (χ1n) is 10.5. The number of aromatic amines is 1. The van der Waals surface area contributed by atoms with E-state index in [0.717, 1.165) is 59.8 Å². The number of ether oxygens (including phenoxy) is 1. The van der Waals surface area contributed by atoms with Crippen molar-refractivity contribution in [2.45, 2.75) is 19.8 Å². The first-order chi connectivity index (χ1) is 14.5. The first-order valence-corrected chi connectivity index (χ1v) is 11.2. The lowest BCUT2D eigenvalue weighted by Crippen LogP contribution is -2.30. The molecule has 2 aromatic carbocycles. The van der Waals surface area contributed by atoms with Crippen LogP contribution >= 0.6 is 23.2 Å². The molecule has 0 atom stereocenters. The van der Waals surface area contributed by atoms with Crippen LogP contribution in [-0.4, -0.2) is 66.1 Å². The number of benzene rings is 2. The van der Waals surface area contributed by atoms with Crippen LogP contribution < -0.4 is 4.74 Å². The molecule has 1 fully saturated rings. The molecule has 1 saturated heterocycles. The average molecular weight is 447 g/mol. The number of nitrogens with zero attached hydrogens (tertiary/aromatic N) is 3. The average Bonchev–Trinajstić information content (AvgIpc) is 3.01. The summed E-state index contributed by atoms with van der Waals surface area (Å²) in [7, 11) is 2.20. The van der Waals surface area contributed by atoms with Crippen molar-refractivity contribution < 1.29 is 4.74 Å². The molecule has 2 heterocycles. The summed E-state index contributed by atoms with van der Waals surface area (Å²) < 4.78 is 5.95. The van der Waals surface area contributed by atoms with E-state index in [-0.39, 0.29) is 0 Å². The van der Waals surface area contributed by atoms with Crippen molar-refractivity contribution in [2.24, 2.45) is 0 Å². The summed E-state index contributed by atoms with van der Waals surface area (Å²) in [6.45, 7) is 8.40. The Morgan fingerprint density at radius 2 is 1.97 bits per heavy atom. The zero-order chi connectivity index (χ0) is 21.1. The number of rotatable bonds is 6. The Hall–Kier alpha value is -1.79. The van der Waals surface area contributed by atoms with Gasteiger partial charge in [-0.15, -0.1) is 0 Å². The van der Waals surface area contributed by atoms with E-state index in [1.54, 1.807) is 0 Å². The van der Waals surface area contributed by atoms with E-state index in [0.29, 0.717) is 16.7 Å². The number of imidazole rings is 1. The number of likely N-dealkylation sites (N-methyl/N-ethyl adjacent to an activating group) is 1. The molecule has 0 radical (unpaired) electrons. The molecule has 5 nitrogen and oxygen atoms in total. The summed E-state index contributed by atoms with van der Waals surface area (Å²) in [6.07, 6.45) is 2.24. The van der Waals surface area contributed by atoms with Crippen LogP contribution in [0.5, 0.6) is 5.75 Å². The number of hydrogen-bond donors (Lipinski definition) is 1. The van der Waals surface area contributed by atoms with Crippen molar-refractivity contribution in [3.8, 4) is 17.1 Å². The highest BCUT2D eigenvalue weighted by atomic mass is 35.5. The molecule has 1 N–H and O–H groups in total. The summed E-state index contributed by atoms with van der Waals surface area (Å²) in [5, 5.41) is 1.31. The van der Waals surface area contributed by atoms with Crippen molar-refractivity contribution in [2.75, 3.05) is 46.4 Å². The zero-order valence-electron chi connectivity index (χ0n) is 17.5. The monoisotopic (exact) mass is 446 g/mol. The van der Waals surface area contributed by atoms with E-state index in [1.807, 2.05) is 37.3 Å². The summed E-state index contributed by atoms with van der Waals surface area (Å²) in [5.41, 5.74) is 3.70. The zero-order valence-corrected chi connectivity index (χ0v) is 19.1. The number of H-pyrrole nitrogens is 1. The van der Waals surface area contributed by atoms with Gasteiger partial charge in [-0.1, -0.05) is 23.2 Å². The molecule has 0 bridgehead atoms. The normalized spacial score (nSPS) is 16.1. The third-order valence-electron chi connectivity index (χ3n) is 5.64. The minimum atomic E-state index is 0.617. The third kappa shape index (κ3) is 5.09. The van der Waals surface area contributed by atoms with Crippen LogP contribution in [0.15, 0.2) is 30.3 Å². The molecular formula is C23H28Cl2N4O. The molecule has 7 heteroatoms. The van der Waals surface area contributed by atoms with Gasteiger partial charge in [0, 0.05) is 30.2 Å². The topological polar surface area (TPSA) is 44.4 Å². The van der Waals surface area contributed by atoms with Gasteiger partial charge in [0.1, 0.15) is 11.6 Å². The number of nitrogens with one attached hydrogen (secondary N) is 1. The molecule has 3 aromatic rings. The van der Waals surface area contributed by atoms with Gasteiger partial charge in [0.05, 0.1) is 22.7 Å². The number of aromatic nitrogens is 2. The summed E-state index contributed by atoms with van der Waals surface area (Å²) in [5.74, 6) is 1.52. The molecule has 4 rings (SSSR count). The van der Waals surface area contributed by atoms with E-state index >= 15 is 0 Å². The second-order valence-corrected chi connectivity index (χ2v) is 8.89. The van der Waals surface area contributed by atoms with Crippen molar-refractivity contribution in [3.05, 3.63) is 45.9 Å². The van der Waals surface area contributed by atoms with Gasteiger partial charge in [0.25, 0.3) is 0 Å². The maximum absolute atomic E-state index is 6.55. The number of fused-ring (bicyclic) bond motifs is 1. The molecule has 1 aliphatic rings. The number of halogens is 2. The minimum absolute atomic E-state index is 0.617. The smallest absolute Gasteiger partial charge is 0.140 e. The van der Waals surface area contributed by atoms with Gasteiger partial charge in [0.15, 0.2) is 0 Å². The Labute approximate surface area is 187 Å². The molecule has 0 aliphatic carbocycles. The van der Waals surface area contributed by atoms with Crippen LogP contribution in [0.1, 0.15) is 18.4 Å². The van der Waals surface area contributed by atoms with Crippen LogP contribution in [0, 0.1) is 6.92 Å². The fourth-order valence-corrected chi connectivity index (χ4v) is 4.49. The molecule has 1 aliphatic heterocycles. The van der Waals surface area contributed by atoms with Gasteiger partial charge in [-0.2, -0.15) is 0 Å².